The smallest absolute Gasteiger partial charge is 0.283 e. The number of carbonyl (C=O) groups is 1. The minimum Gasteiger partial charge on any atom is -0.507 e. The Balaban J connectivity index is 2.07. The Morgan fingerprint density at radius 2 is 2.30 bits per heavy atom. The van der Waals surface area contributed by atoms with E-state index in [1.807, 2.05) is 6.92 Å². The fourth-order valence-corrected chi connectivity index (χ4v) is 2.41. The van der Waals surface area contributed by atoms with Crippen LogP contribution in [0.25, 0.3) is 0 Å². The van der Waals surface area contributed by atoms with Gasteiger partial charge in [-0.2, -0.15) is 5.10 Å². The summed E-state index contributed by atoms with van der Waals surface area (Å²) >= 11 is 1.13. The molecule has 0 aliphatic carbocycles. The monoisotopic (exact) mass is 290 g/mol. The number of aryl methyl sites for hydroxylation is 1. The van der Waals surface area contributed by atoms with Crippen LogP contribution in [-0.2, 0) is 6.42 Å². The van der Waals surface area contributed by atoms with Crippen LogP contribution in [0.3, 0.4) is 0 Å². The zero-order valence-corrected chi connectivity index (χ0v) is 11.6. The number of carbonyl (C=O) groups excluding carboxylic acids is 1. The molecule has 0 aliphatic heterocycles. The number of phenolic OH excluding ortho intramolecular Hbond substituents is 1. The number of rotatable bonds is 4. The van der Waals surface area contributed by atoms with Crippen molar-refractivity contribution in [2.45, 2.75) is 13.3 Å². The van der Waals surface area contributed by atoms with Crippen molar-refractivity contribution in [3.05, 3.63) is 40.4 Å². The van der Waals surface area contributed by atoms with E-state index < -0.39 is 0 Å². The summed E-state index contributed by atoms with van der Waals surface area (Å²) in [6.07, 6.45) is 2.00. The highest BCUT2D eigenvalue weighted by Gasteiger charge is 2.15. The standard InChI is InChI=1S/C13H14N4O2S/c1-2-9-11(20-13(14)16-9)12(19)17-15-7-8-5-3-4-6-10(8)18/h3-7,18H,2H2,1H3,(H2,14,16)(H,17,19)/b15-7+. The lowest BCUT2D eigenvalue weighted by Gasteiger charge is -1.99. The quantitative estimate of drug-likeness (QED) is 0.590. The van der Waals surface area contributed by atoms with Gasteiger partial charge in [0.2, 0.25) is 0 Å². The highest BCUT2D eigenvalue weighted by molar-refractivity contribution is 7.17. The molecule has 0 bridgehead atoms. The minimum absolute atomic E-state index is 0.0989. The Kier molecular flexibility index (Phi) is 4.31. The lowest BCUT2D eigenvalue weighted by atomic mass is 10.2. The van der Waals surface area contributed by atoms with Crippen molar-refractivity contribution in [3.8, 4) is 5.75 Å². The van der Waals surface area contributed by atoms with Gasteiger partial charge in [-0.1, -0.05) is 30.4 Å². The largest absolute Gasteiger partial charge is 0.507 e. The van der Waals surface area contributed by atoms with Crippen molar-refractivity contribution in [1.29, 1.82) is 0 Å². The summed E-state index contributed by atoms with van der Waals surface area (Å²) in [5.74, 6) is -0.260. The van der Waals surface area contributed by atoms with Crippen LogP contribution in [0.5, 0.6) is 5.75 Å². The third-order valence-corrected chi connectivity index (χ3v) is 3.49. The maximum absolute atomic E-state index is 11.9. The van der Waals surface area contributed by atoms with E-state index >= 15 is 0 Å². The molecule has 0 unspecified atom stereocenters. The van der Waals surface area contributed by atoms with Gasteiger partial charge in [0.25, 0.3) is 5.91 Å². The molecule has 1 amide bonds. The second-order valence-corrected chi connectivity index (χ2v) is 4.97. The summed E-state index contributed by atoms with van der Waals surface area (Å²) in [6, 6.07) is 6.70. The van der Waals surface area contributed by atoms with E-state index in [4.69, 9.17) is 5.73 Å². The highest BCUT2D eigenvalue weighted by Crippen LogP contribution is 2.20. The zero-order chi connectivity index (χ0) is 14.5. The number of hydrazone groups is 1. The van der Waals surface area contributed by atoms with Crippen LogP contribution < -0.4 is 11.2 Å². The molecule has 0 radical (unpaired) electrons. The summed E-state index contributed by atoms with van der Waals surface area (Å²) < 4.78 is 0. The second-order valence-electron chi connectivity index (χ2n) is 3.94. The molecule has 104 valence electrons. The molecule has 0 saturated heterocycles. The zero-order valence-electron chi connectivity index (χ0n) is 10.8. The van der Waals surface area contributed by atoms with E-state index in [-0.39, 0.29) is 11.7 Å². The van der Waals surface area contributed by atoms with E-state index in [0.29, 0.717) is 27.7 Å². The number of aromatic nitrogens is 1. The van der Waals surface area contributed by atoms with Crippen molar-refractivity contribution in [2.75, 3.05) is 5.73 Å². The van der Waals surface area contributed by atoms with Crippen LogP contribution in [0.4, 0.5) is 5.13 Å². The Morgan fingerprint density at radius 3 is 3.00 bits per heavy atom. The third-order valence-electron chi connectivity index (χ3n) is 2.56. The Bertz CT molecular complexity index is 652. The maximum Gasteiger partial charge on any atom is 0.283 e. The number of phenols is 1. The summed E-state index contributed by atoms with van der Waals surface area (Å²) in [6.45, 7) is 1.90. The van der Waals surface area contributed by atoms with Gasteiger partial charge >= 0.3 is 0 Å². The van der Waals surface area contributed by atoms with Crippen molar-refractivity contribution >= 4 is 28.6 Å². The van der Waals surface area contributed by atoms with E-state index in [1.54, 1.807) is 24.3 Å². The van der Waals surface area contributed by atoms with Gasteiger partial charge in [0.15, 0.2) is 5.13 Å². The van der Waals surface area contributed by atoms with Crippen molar-refractivity contribution in [2.24, 2.45) is 5.10 Å². The molecule has 0 spiro atoms. The molecule has 0 fully saturated rings. The molecule has 7 heteroatoms. The van der Waals surface area contributed by atoms with Crippen LogP contribution in [0.1, 0.15) is 27.9 Å². The fourth-order valence-electron chi connectivity index (χ4n) is 1.60. The number of thiazole rings is 1. The number of anilines is 1. The molecule has 1 aromatic carbocycles. The molecular formula is C13H14N4O2S. The number of nitrogens with one attached hydrogen (secondary N) is 1. The first-order valence-corrected chi connectivity index (χ1v) is 6.80. The second kappa shape index (κ2) is 6.16. The van der Waals surface area contributed by atoms with Crippen LogP contribution in [-0.4, -0.2) is 22.2 Å². The average Bonchev–Trinajstić information content (AvgIpc) is 2.82. The third kappa shape index (κ3) is 3.12. The van der Waals surface area contributed by atoms with Gasteiger partial charge in [-0.3, -0.25) is 4.79 Å². The Labute approximate surface area is 120 Å². The van der Waals surface area contributed by atoms with Crippen molar-refractivity contribution in [3.63, 3.8) is 0 Å². The molecule has 2 aromatic rings. The molecule has 0 aliphatic rings. The van der Waals surface area contributed by atoms with E-state index in [2.05, 4.69) is 15.5 Å². The minimum atomic E-state index is -0.359. The van der Waals surface area contributed by atoms with Gasteiger partial charge in [-0.15, -0.1) is 0 Å². The Hall–Kier alpha value is -2.41. The van der Waals surface area contributed by atoms with Crippen LogP contribution in [0, 0.1) is 0 Å². The first-order chi connectivity index (χ1) is 9.61. The van der Waals surface area contributed by atoms with E-state index in [9.17, 15) is 9.90 Å². The number of nitrogens with two attached hydrogens (primary N) is 1. The van der Waals surface area contributed by atoms with Gasteiger partial charge in [0.05, 0.1) is 11.9 Å². The number of amides is 1. The summed E-state index contributed by atoms with van der Waals surface area (Å²) in [5, 5.41) is 13.7. The first-order valence-electron chi connectivity index (χ1n) is 5.98. The SMILES string of the molecule is CCc1nc(N)sc1C(=O)N/N=C/c1ccccc1O. The highest BCUT2D eigenvalue weighted by atomic mass is 32.1. The van der Waals surface area contributed by atoms with Gasteiger partial charge in [0, 0.05) is 5.56 Å². The number of aromatic hydroxyl groups is 1. The first kappa shape index (κ1) is 14.0. The van der Waals surface area contributed by atoms with E-state index in [0.717, 1.165) is 11.3 Å². The molecule has 6 nitrogen and oxygen atoms in total. The average molecular weight is 290 g/mol. The van der Waals surface area contributed by atoms with Crippen LogP contribution in [0.2, 0.25) is 0 Å². The van der Waals surface area contributed by atoms with Crippen molar-refractivity contribution < 1.29 is 9.90 Å². The molecule has 0 atom stereocenters. The normalized spacial score (nSPS) is 10.8. The summed E-state index contributed by atoms with van der Waals surface area (Å²) in [5.41, 5.74) is 9.16. The number of para-hydroxylation sites is 1. The molecule has 4 N–H and O–H groups in total. The molecule has 0 saturated carbocycles. The lowest BCUT2D eigenvalue weighted by molar-refractivity contribution is 0.0958. The number of hydrogen-bond donors (Lipinski definition) is 3. The van der Waals surface area contributed by atoms with Crippen molar-refractivity contribution in [1.82, 2.24) is 10.4 Å². The maximum atomic E-state index is 11.9. The van der Waals surface area contributed by atoms with Gasteiger partial charge < -0.3 is 10.8 Å². The van der Waals surface area contributed by atoms with Gasteiger partial charge in [0.1, 0.15) is 10.6 Å². The Morgan fingerprint density at radius 1 is 1.55 bits per heavy atom. The topological polar surface area (TPSA) is 101 Å². The number of hydrogen-bond acceptors (Lipinski definition) is 6. The molecule has 1 aromatic heterocycles. The molecule has 1 heterocycles. The number of nitrogens with zero attached hydrogens (tertiary/aromatic N) is 2. The predicted octanol–water partition coefficient (Wildman–Crippen LogP) is 1.76. The van der Waals surface area contributed by atoms with E-state index in [1.165, 1.54) is 6.21 Å². The number of benzene rings is 1. The number of nitrogen functional groups attached to an aromatic ring is 1. The predicted molar refractivity (Wildman–Crippen MR) is 79.1 cm³/mol. The summed E-state index contributed by atoms with van der Waals surface area (Å²) in [4.78, 5) is 16.5. The fraction of sp³-hybridized carbons (Fsp3) is 0.154. The molecule has 2 rings (SSSR count). The molecular weight excluding hydrogens is 276 g/mol. The van der Waals surface area contributed by atoms with Gasteiger partial charge in [-0.25, -0.2) is 10.4 Å². The van der Waals surface area contributed by atoms with Crippen LogP contribution in [0.15, 0.2) is 29.4 Å². The van der Waals surface area contributed by atoms with Gasteiger partial charge in [-0.05, 0) is 18.6 Å². The summed E-state index contributed by atoms with van der Waals surface area (Å²) in [7, 11) is 0. The van der Waals surface area contributed by atoms with Crippen LogP contribution >= 0.6 is 11.3 Å². The lowest BCUT2D eigenvalue weighted by Crippen LogP contribution is -2.17. The molecule has 20 heavy (non-hydrogen) atoms.